The number of hydrogen-bond donors (Lipinski definition) is 1. The Morgan fingerprint density at radius 1 is 1.21 bits per heavy atom. The van der Waals surface area contributed by atoms with Gasteiger partial charge in [-0.3, -0.25) is 14.8 Å². The lowest BCUT2D eigenvalue weighted by atomic mass is 10.0. The van der Waals surface area contributed by atoms with E-state index in [9.17, 15) is 4.79 Å². The molecule has 1 aliphatic rings. The number of aryl methyl sites for hydroxylation is 1. The molecule has 0 radical (unpaired) electrons. The van der Waals surface area contributed by atoms with E-state index in [4.69, 9.17) is 0 Å². The van der Waals surface area contributed by atoms with Crippen molar-refractivity contribution < 1.29 is 4.79 Å². The van der Waals surface area contributed by atoms with Crippen LogP contribution in [0.25, 0.3) is 16.5 Å². The van der Waals surface area contributed by atoms with Crippen molar-refractivity contribution in [2.75, 3.05) is 5.32 Å². The summed E-state index contributed by atoms with van der Waals surface area (Å²) in [6.07, 6.45) is 5.79. The zero-order valence-electron chi connectivity index (χ0n) is 16.6. The Labute approximate surface area is 174 Å². The Morgan fingerprint density at radius 2 is 2.07 bits per heavy atom. The Balaban J connectivity index is 1.55. The number of allylic oxidation sites excluding steroid dienone is 1. The van der Waals surface area contributed by atoms with Gasteiger partial charge in [0.25, 0.3) is 0 Å². The Morgan fingerprint density at radius 3 is 2.83 bits per heavy atom. The summed E-state index contributed by atoms with van der Waals surface area (Å²) >= 11 is 1.51. The summed E-state index contributed by atoms with van der Waals surface area (Å²) in [5, 5.41) is 3.54. The fourth-order valence-corrected chi connectivity index (χ4v) is 4.09. The third-order valence-electron chi connectivity index (χ3n) is 4.71. The predicted octanol–water partition coefficient (Wildman–Crippen LogP) is 5.12. The molecule has 146 valence electrons. The lowest BCUT2D eigenvalue weighted by molar-refractivity contribution is -0.118. The molecular weight excluding hydrogens is 380 g/mol. The van der Waals surface area contributed by atoms with E-state index in [-0.39, 0.29) is 11.8 Å². The van der Waals surface area contributed by atoms with Crippen LogP contribution in [0.4, 0.5) is 5.13 Å². The van der Waals surface area contributed by atoms with Gasteiger partial charge in [-0.05, 0) is 48.4 Å². The fraction of sp³-hybridized carbons (Fsp3) is 0.217. The molecular formula is C23H22N4OS. The maximum atomic E-state index is 12.0. The van der Waals surface area contributed by atoms with Gasteiger partial charge in [0.05, 0.1) is 28.5 Å². The molecule has 1 N–H and O–H groups in total. The minimum Gasteiger partial charge on any atom is -0.302 e. The molecule has 2 aromatic heterocycles. The van der Waals surface area contributed by atoms with Crippen molar-refractivity contribution in [2.45, 2.75) is 27.3 Å². The zero-order valence-corrected chi connectivity index (χ0v) is 17.5. The molecule has 0 atom stereocenters. The van der Waals surface area contributed by atoms with E-state index in [1.807, 2.05) is 51.1 Å². The van der Waals surface area contributed by atoms with Crippen molar-refractivity contribution >= 4 is 34.2 Å². The highest BCUT2D eigenvalue weighted by Crippen LogP contribution is 2.35. The number of fused-ring (bicyclic) bond motifs is 1. The first-order chi connectivity index (χ1) is 14.0. The Bertz CT molecular complexity index is 1110. The summed E-state index contributed by atoms with van der Waals surface area (Å²) in [4.78, 5) is 26.5. The van der Waals surface area contributed by atoms with E-state index < -0.39 is 0 Å². The summed E-state index contributed by atoms with van der Waals surface area (Å²) in [5.41, 5.74) is 6.26. The molecule has 0 saturated carbocycles. The average Bonchev–Trinajstić information content (AvgIpc) is 3.29. The summed E-state index contributed by atoms with van der Waals surface area (Å²) < 4.78 is 0. The van der Waals surface area contributed by atoms with Gasteiger partial charge in [-0.2, -0.15) is 0 Å². The van der Waals surface area contributed by atoms with Gasteiger partial charge >= 0.3 is 0 Å². The van der Waals surface area contributed by atoms with Crippen LogP contribution in [0, 0.1) is 12.8 Å². The number of rotatable bonds is 5. The molecule has 1 amide bonds. The molecule has 0 aliphatic carbocycles. The number of carbonyl (C=O) groups excluding carboxylic acids is 1. The highest BCUT2D eigenvalue weighted by molar-refractivity contribution is 7.19. The van der Waals surface area contributed by atoms with Crippen molar-refractivity contribution in [3.05, 3.63) is 71.2 Å². The fourth-order valence-electron chi connectivity index (χ4n) is 3.12. The van der Waals surface area contributed by atoms with Crippen molar-refractivity contribution in [3.8, 4) is 10.4 Å². The first-order valence-corrected chi connectivity index (χ1v) is 10.4. The number of nitrogens with zero attached hydrogens (tertiary/aromatic N) is 3. The monoisotopic (exact) mass is 402 g/mol. The molecule has 0 bridgehead atoms. The summed E-state index contributed by atoms with van der Waals surface area (Å²) in [7, 11) is 0. The number of anilines is 1. The molecule has 4 rings (SSSR count). The van der Waals surface area contributed by atoms with Gasteiger partial charge in [0.15, 0.2) is 5.13 Å². The van der Waals surface area contributed by atoms with Crippen LogP contribution in [0.3, 0.4) is 0 Å². The number of thiazole rings is 1. The van der Waals surface area contributed by atoms with Crippen LogP contribution in [0.1, 0.15) is 36.4 Å². The summed E-state index contributed by atoms with van der Waals surface area (Å²) in [6.45, 7) is 6.38. The number of nitrogens with one attached hydrogen (secondary N) is 1. The molecule has 3 heterocycles. The first kappa shape index (κ1) is 19.2. The molecule has 0 spiro atoms. The Hall–Kier alpha value is -3.12. The van der Waals surface area contributed by atoms with Crippen molar-refractivity contribution in [1.29, 1.82) is 0 Å². The normalized spacial score (nSPS) is 13.0. The SMILES string of the molecule is Cc1nc(NC(=O)C(C)C)sc1-c1ccc2c(c1)CN=C2/C=C/c1ccccn1. The smallest absolute Gasteiger partial charge is 0.228 e. The van der Waals surface area contributed by atoms with E-state index in [1.165, 1.54) is 16.9 Å². The molecule has 3 aromatic rings. The van der Waals surface area contributed by atoms with Crippen molar-refractivity contribution in [2.24, 2.45) is 10.9 Å². The predicted molar refractivity (Wildman–Crippen MR) is 119 cm³/mol. The molecule has 29 heavy (non-hydrogen) atoms. The molecule has 6 heteroatoms. The second-order valence-corrected chi connectivity index (χ2v) is 8.24. The van der Waals surface area contributed by atoms with Crippen molar-refractivity contribution in [1.82, 2.24) is 9.97 Å². The van der Waals surface area contributed by atoms with E-state index in [1.54, 1.807) is 6.20 Å². The van der Waals surface area contributed by atoms with Crippen LogP contribution in [-0.4, -0.2) is 21.6 Å². The number of aromatic nitrogens is 2. The van der Waals surface area contributed by atoms with Crippen LogP contribution < -0.4 is 5.32 Å². The van der Waals surface area contributed by atoms with Crippen LogP contribution >= 0.6 is 11.3 Å². The largest absolute Gasteiger partial charge is 0.302 e. The van der Waals surface area contributed by atoms with Gasteiger partial charge in [0, 0.05) is 17.7 Å². The third-order valence-corrected chi connectivity index (χ3v) is 5.84. The number of benzene rings is 1. The topological polar surface area (TPSA) is 67.2 Å². The summed E-state index contributed by atoms with van der Waals surface area (Å²) in [5.74, 6) is -0.0886. The van der Waals surface area contributed by atoms with Gasteiger partial charge < -0.3 is 5.32 Å². The Kier molecular flexibility index (Phi) is 5.36. The third kappa shape index (κ3) is 4.17. The van der Waals surface area contributed by atoms with Crippen LogP contribution in [0.15, 0.2) is 53.7 Å². The minimum absolute atomic E-state index is 0.0167. The van der Waals surface area contributed by atoms with Gasteiger partial charge in [0.2, 0.25) is 5.91 Å². The van der Waals surface area contributed by atoms with E-state index in [0.717, 1.165) is 33.1 Å². The quantitative estimate of drug-likeness (QED) is 0.644. The van der Waals surface area contributed by atoms with E-state index in [0.29, 0.717) is 11.7 Å². The number of hydrogen-bond acceptors (Lipinski definition) is 5. The molecule has 1 aromatic carbocycles. The van der Waals surface area contributed by atoms with Crippen molar-refractivity contribution in [3.63, 3.8) is 0 Å². The number of aliphatic imine (C=N–C) groups is 1. The second kappa shape index (κ2) is 8.09. The maximum Gasteiger partial charge on any atom is 0.228 e. The summed E-state index contributed by atoms with van der Waals surface area (Å²) in [6, 6.07) is 12.2. The second-order valence-electron chi connectivity index (χ2n) is 7.24. The minimum atomic E-state index is -0.0719. The van der Waals surface area contributed by atoms with Crippen LogP contribution in [0.2, 0.25) is 0 Å². The van der Waals surface area contributed by atoms with E-state index >= 15 is 0 Å². The number of pyridine rings is 1. The van der Waals surface area contributed by atoms with Gasteiger partial charge in [-0.25, -0.2) is 4.98 Å². The van der Waals surface area contributed by atoms with Crippen LogP contribution in [-0.2, 0) is 11.3 Å². The zero-order chi connectivity index (χ0) is 20.4. The highest BCUT2D eigenvalue weighted by Gasteiger charge is 2.18. The highest BCUT2D eigenvalue weighted by atomic mass is 32.1. The number of carbonyl (C=O) groups is 1. The lowest BCUT2D eigenvalue weighted by Crippen LogP contribution is -2.17. The molecule has 0 saturated heterocycles. The van der Waals surface area contributed by atoms with Gasteiger partial charge in [-0.15, -0.1) is 0 Å². The van der Waals surface area contributed by atoms with Gasteiger partial charge in [-0.1, -0.05) is 43.4 Å². The van der Waals surface area contributed by atoms with Gasteiger partial charge in [0.1, 0.15) is 0 Å². The standard InChI is InChI=1S/C23H22N4OS/c1-14(2)22(28)27-23-26-15(3)21(29-23)16-7-9-19-17(12-16)13-25-20(19)10-8-18-6-4-5-11-24-18/h4-12,14H,13H2,1-3H3,(H,26,27,28)/b10-8+. The number of amides is 1. The van der Waals surface area contributed by atoms with Crippen LogP contribution in [0.5, 0.6) is 0 Å². The molecule has 5 nitrogen and oxygen atoms in total. The molecule has 0 fully saturated rings. The average molecular weight is 403 g/mol. The van der Waals surface area contributed by atoms with E-state index in [2.05, 4.69) is 38.5 Å². The molecule has 0 unspecified atom stereocenters. The molecule has 1 aliphatic heterocycles. The maximum absolute atomic E-state index is 12.0. The first-order valence-electron chi connectivity index (χ1n) is 9.57. The lowest BCUT2D eigenvalue weighted by Gasteiger charge is -2.04.